The first-order chi connectivity index (χ1) is 12.6. The number of thioether (sulfide) groups is 1. The molecule has 2 heterocycles. The summed E-state index contributed by atoms with van der Waals surface area (Å²) >= 11 is 1.53. The zero-order valence-electron chi connectivity index (χ0n) is 14.7. The summed E-state index contributed by atoms with van der Waals surface area (Å²) in [5.41, 5.74) is -0.515. The summed E-state index contributed by atoms with van der Waals surface area (Å²) in [5.74, 6) is -5.39. The molecule has 3 amide bonds. The molecule has 0 bridgehead atoms. The van der Waals surface area contributed by atoms with Crippen LogP contribution in [-0.2, 0) is 14.4 Å². The molecular weight excluding hydrogens is 383 g/mol. The molecule has 1 N–H and O–H groups in total. The smallest absolute Gasteiger partial charge is 0.246 e. The van der Waals surface area contributed by atoms with Gasteiger partial charge in [-0.2, -0.15) is 0 Å². The summed E-state index contributed by atoms with van der Waals surface area (Å²) < 4.78 is 39.8. The van der Waals surface area contributed by atoms with Crippen molar-refractivity contribution in [3.63, 3.8) is 0 Å². The normalized spacial score (nSPS) is 24.1. The summed E-state index contributed by atoms with van der Waals surface area (Å²) in [6.45, 7) is 1.49. The van der Waals surface area contributed by atoms with Gasteiger partial charge in [0.25, 0.3) is 0 Å². The molecule has 0 unspecified atom stereocenters. The van der Waals surface area contributed by atoms with E-state index in [9.17, 15) is 27.6 Å². The highest BCUT2D eigenvalue weighted by Gasteiger charge is 2.53. The van der Waals surface area contributed by atoms with Crippen molar-refractivity contribution < 1.29 is 27.6 Å². The first-order valence-corrected chi connectivity index (χ1v) is 9.27. The van der Waals surface area contributed by atoms with Crippen molar-refractivity contribution in [2.75, 3.05) is 24.7 Å². The highest BCUT2D eigenvalue weighted by molar-refractivity contribution is 8.01. The van der Waals surface area contributed by atoms with E-state index in [1.165, 1.54) is 18.8 Å². The Labute approximate surface area is 158 Å². The first kappa shape index (κ1) is 19.5. The Morgan fingerprint density at radius 2 is 2.04 bits per heavy atom. The first-order valence-electron chi connectivity index (χ1n) is 8.28. The minimum absolute atomic E-state index is 0.0949. The van der Waals surface area contributed by atoms with Gasteiger partial charge in [-0.05, 0) is 25.5 Å². The number of likely N-dealkylation sites (N-methyl/N-ethyl adjacent to an activating group) is 1. The van der Waals surface area contributed by atoms with Gasteiger partial charge in [0.1, 0.15) is 6.04 Å². The lowest BCUT2D eigenvalue weighted by atomic mass is 10.2. The molecule has 0 aliphatic carbocycles. The fourth-order valence-corrected chi connectivity index (χ4v) is 4.79. The fourth-order valence-electron chi connectivity index (χ4n) is 3.36. The molecule has 2 aliphatic rings. The SMILES string of the molecule is CN(CC(=O)Nc1ccc(F)c(F)c1F)C(=O)[C@@H]1CS[C@@]2(C)CCC(=O)N12. The summed E-state index contributed by atoms with van der Waals surface area (Å²) in [7, 11) is 1.39. The van der Waals surface area contributed by atoms with E-state index in [-0.39, 0.29) is 5.91 Å². The molecule has 1 aromatic carbocycles. The van der Waals surface area contributed by atoms with Crippen molar-refractivity contribution in [2.24, 2.45) is 0 Å². The average Bonchev–Trinajstić information content (AvgIpc) is 3.11. The number of anilines is 1. The van der Waals surface area contributed by atoms with Gasteiger partial charge >= 0.3 is 0 Å². The molecule has 0 spiro atoms. The molecule has 2 fully saturated rings. The van der Waals surface area contributed by atoms with E-state index in [4.69, 9.17) is 0 Å². The third kappa shape index (κ3) is 3.50. The van der Waals surface area contributed by atoms with E-state index in [2.05, 4.69) is 5.32 Å². The number of halogens is 3. The highest BCUT2D eigenvalue weighted by atomic mass is 32.2. The quantitative estimate of drug-likeness (QED) is 0.783. The van der Waals surface area contributed by atoms with Crippen molar-refractivity contribution in [3.8, 4) is 0 Å². The molecule has 2 saturated heterocycles. The molecule has 2 aliphatic heterocycles. The summed E-state index contributed by atoms with van der Waals surface area (Å²) in [6, 6.07) is 0.932. The summed E-state index contributed by atoms with van der Waals surface area (Å²) in [4.78, 5) is 39.2. The van der Waals surface area contributed by atoms with Gasteiger partial charge < -0.3 is 15.1 Å². The van der Waals surface area contributed by atoms with Crippen LogP contribution in [0.4, 0.5) is 18.9 Å². The lowest BCUT2D eigenvalue weighted by Gasteiger charge is -2.31. The summed E-state index contributed by atoms with van der Waals surface area (Å²) in [6.07, 6.45) is 1.05. The second kappa shape index (κ2) is 7.06. The fraction of sp³-hybridized carbons (Fsp3) is 0.471. The second-order valence-electron chi connectivity index (χ2n) is 6.73. The number of rotatable bonds is 4. The van der Waals surface area contributed by atoms with Gasteiger partial charge in [0.2, 0.25) is 17.7 Å². The maximum Gasteiger partial charge on any atom is 0.246 e. The van der Waals surface area contributed by atoms with Crippen LogP contribution >= 0.6 is 11.8 Å². The van der Waals surface area contributed by atoms with Gasteiger partial charge in [-0.25, -0.2) is 13.2 Å². The van der Waals surface area contributed by atoms with E-state index < -0.39 is 52.4 Å². The topological polar surface area (TPSA) is 69.7 Å². The minimum atomic E-state index is -1.69. The van der Waals surface area contributed by atoms with Crippen molar-refractivity contribution in [2.45, 2.75) is 30.7 Å². The maximum atomic E-state index is 13.6. The van der Waals surface area contributed by atoms with Crippen molar-refractivity contribution in [1.29, 1.82) is 0 Å². The Bertz CT molecular complexity index is 822. The Balaban J connectivity index is 1.64. The maximum absolute atomic E-state index is 13.6. The predicted molar refractivity (Wildman–Crippen MR) is 93.3 cm³/mol. The van der Waals surface area contributed by atoms with E-state index >= 15 is 0 Å². The molecule has 146 valence electrons. The standard InChI is InChI=1S/C17H18F3N3O3S/c1-17-6-5-13(25)23(17)11(8-27-17)16(26)22(2)7-12(24)21-10-4-3-9(18)14(19)15(10)20/h3-4,11H,5-8H2,1-2H3,(H,21,24)/t11-,17-/m0/s1. The van der Waals surface area contributed by atoms with Crippen LogP contribution in [0.3, 0.4) is 0 Å². The van der Waals surface area contributed by atoms with Crippen LogP contribution in [0.1, 0.15) is 19.8 Å². The Morgan fingerprint density at radius 3 is 2.74 bits per heavy atom. The molecule has 10 heteroatoms. The van der Waals surface area contributed by atoms with Gasteiger partial charge in [-0.3, -0.25) is 14.4 Å². The Morgan fingerprint density at radius 1 is 1.33 bits per heavy atom. The number of fused-ring (bicyclic) bond motifs is 1. The van der Waals surface area contributed by atoms with E-state index in [0.717, 1.165) is 11.0 Å². The van der Waals surface area contributed by atoms with Crippen LogP contribution in [0.5, 0.6) is 0 Å². The van der Waals surface area contributed by atoms with Crippen molar-refractivity contribution >= 4 is 35.2 Å². The number of carbonyl (C=O) groups excluding carboxylic acids is 3. The van der Waals surface area contributed by atoms with Crippen molar-refractivity contribution in [3.05, 3.63) is 29.6 Å². The molecular formula is C17H18F3N3O3S. The number of hydrogen-bond acceptors (Lipinski definition) is 4. The number of amides is 3. The Hall–Kier alpha value is -2.23. The zero-order chi connectivity index (χ0) is 19.9. The highest BCUT2D eigenvalue weighted by Crippen LogP contribution is 2.47. The molecule has 27 heavy (non-hydrogen) atoms. The third-order valence-corrected chi connectivity index (χ3v) is 6.30. The monoisotopic (exact) mass is 401 g/mol. The Kier molecular flexibility index (Phi) is 5.11. The van der Waals surface area contributed by atoms with Crippen LogP contribution in [0.2, 0.25) is 0 Å². The van der Waals surface area contributed by atoms with Crippen LogP contribution in [0, 0.1) is 17.5 Å². The van der Waals surface area contributed by atoms with Gasteiger partial charge in [-0.15, -0.1) is 11.8 Å². The number of benzene rings is 1. The van der Waals surface area contributed by atoms with Crippen LogP contribution in [-0.4, -0.2) is 57.8 Å². The van der Waals surface area contributed by atoms with Gasteiger partial charge in [0, 0.05) is 19.2 Å². The van der Waals surface area contributed by atoms with Crippen molar-refractivity contribution in [1.82, 2.24) is 9.80 Å². The van der Waals surface area contributed by atoms with E-state index in [0.29, 0.717) is 24.7 Å². The molecule has 0 radical (unpaired) electrons. The molecule has 0 saturated carbocycles. The van der Waals surface area contributed by atoms with Gasteiger partial charge in [-0.1, -0.05) is 0 Å². The van der Waals surface area contributed by atoms with E-state index in [1.54, 1.807) is 4.90 Å². The summed E-state index contributed by atoms with van der Waals surface area (Å²) in [5, 5.41) is 2.12. The van der Waals surface area contributed by atoms with Gasteiger partial charge in [0.05, 0.1) is 17.1 Å². The number of hydrogen-bond donors (Lipinski definition) is 1. The number of nitrogens with one attached hydrogen (secondary N) is 1. The lowest BCUT2D eigenvalue weighted by Crippen LogP contribution is -2.51. The zero-order valence-corrected chi connectivity index (χ0v) is 15.5. The lowest BCUT2D eigenvalue weighted by molar-refractivity contribution is -0.143. The van der Waals surface area contributed by atoms with Crippen LogP contribution in [0.25, 0.3) is 0 Å². The molecule has 2 atom stereocenters. The molecule has 1 aromatic rings. The minimum Gasteiger partial charge on any atom is -0.335 e. The number of carbonyl (C=O) groups is 3. The molecule has 6 nitrogen and oxygen atoms in total. The third-order valence-electron chi connectivity index (χ3n) is 4.80. The van der Waals surface area contributed by atoms with Gasteiger partial charge in [0.15, 0.2) is 17.5 Å². The molecule has 3 rings (SSSR count). The predicted octanol–water partition coefficient (Wildman–Crippen LogP) is 1.95. The van der Waals surface area contributed by atoms with Crippen LogP contribution in [0.15, 0.2) is 12.1 Å². The molecule has 0 aromatic heterocycles. The largest absolute Gasteiger partial charge is 0.335 e. The van der Waals surface area contributed by atoms with Crippen LogP contribution < -0.4 is 5.32 Å². The van der Waals surface area contributed by atoms with E-state index in [1.807, 2.05) is 6.92 Å². The average molecular weight is 401 g/mol. The number of nitrogens with zero attached hydrogens (tertiary/aromatic N) is 2. The second-order valence-corrected chi connectivity index (χ2v) is 8.23.